The van der Waals surface area contributed by atoms with Crippen LogP contribution >= 0.6 is 0 Å². The minimum absolute atomic E-state index is 0.0617. The summed E-state index contributed by atoms with van der Waals surface area (Å²) in [6, 6.07) is 21.1. The number of amides is 1. The van der Waals surface area contributed by atoms with Crippen LogP contribution in [0.15, 0.2) is 83.9 Å². The molecule has 6 rings (SSSR count). The largest absolute Gasteiger partial charge is 0.497 e. The predicted molar refractivity (Wildman–Crippen MR) is 176 cm³/mol. The molecule has 0 saturated carbocycles. The molecule has 3 aromatic carbocycles. The van der Waals surface area contributed by atoms with Crippen LogP contribution in [0.25, 0.3) is 10.9 Å². The van der Waals surface area contributed by atoms with E-state index in [1.54, 1.807) is 24.1 Å². The van der Waals surface area contributed by atoms with Crippen LogP contribution in [0.2, 0.25) is 0 Å². The van der Waals surface area contributed by atoms with Crippen LogP contribution in [0.3, 0.4) is 0 Å². The Morgan fingerprint density at radius 3 is 2.37 bits per heavy atom. The van der Waals surface area contributed by atoms with Gasteiger partial charge in [0.15, 0.2) is 0 Å². The maximum Gasteiger partial charge on any atom is 0.264 e. The minimum Gasteiger partial charge on any atom is -0.497 e. The average molecular weight is 622 g/mol. The molecule has 1 aliphatic rings. The number of nitrogens with one attached hydrogen (secondary N) is 1. The number of anilines is 2. The first-order valence-corrected chi connectivity index (χ1v) is 15.3. The molecule has 236 valence electrons. The van der Waals surface area contributed by atoms with E-state index in [4.69, 9.17) is 9.72 Å². The lowest BCUT2D eigenvalue weighted by atomic mass is 10.1. The Morgan fingerprint density at radius 2 is 1.67 bits per heavy atom. The van der Waals surface area contributed by atoms with Gasteiger partial charge in [-0.3, -0.25) is 14.2 Å². The first-order chi connectivity index (χ1) is 22.3. The van der Waals surface area contributed by atoms with Crippen molar-refractivity contribution in [2.45, 2.75) is 52.4 Å². The summed E-state index contributed by atoms with van der Waals surface area (Å²) in [5, 5.41) is 3.38. The molecule has 1 aliphatic heterocycles. The lowest BCUT2D eigenvalue weighted by Gasteiger charge is -2.39. The van der Waals surface area contributed by atoms with Crippen molar-refractivity contribution in [3.05, 3.63) is 118 Å². The molecule has 0 bridgehead atoms. The molecule has 0 aliphatic carbocycles. The molecule has 0 spiro atoms. The van der Waals surface area contributed by atoms with Crippen molar-refractivity contribution in [3.63, 3.8) is 0 Å². The molecule has 2 aromatic heterocycles. The van der Waals surface area contributed by atoms with Gasteiger partial charge < -0.3 is 19.9 Å². The highest BCUT2D eigenvalue weighted by molar-refractivity contribution is 6.05. The Bertz CT molecular complexity index is 1930. The average Bonchev–Trinajstić information content (AvgIpc) is 3.06. The Balaban J connectivity index is 1.43. The van der Waals surface area contributed by atoms with E-state index in [1.807, 2.05) is 75.4 Å². The fraction of sp³-hybridized carbons (Fsp3) is 0.286. The smallest absolute Gasteiger partial charge is 0.264 e. The van der Waals surface area contributed by atoms with Crippen molar-refractivity contribution in [3.8, 4) is 5.75 Å². The van der Waals surface area contributed by atoms with Crippen molar-refractivity contribution in [2.24, 2.45) is 0 Å². The van der Waals surface area contributed by atoms with Gasteiger partial charge in [-0.2, -0.15) is 0 Å². The molecule has 1 atom stereocenters. The maximum atomic E-state index is 15.0. The summed E-state index contributed by atoms with van der Waals surface area (Å²) in [6.07, 6.45) is 1.94. The first kappa shape index (κ1) is 30.7. The van der Waals surface area contributed by atoms with Gasteiger partial charge in [0.25, 0.3) is 11.5 Å². The number of hydrogen-bond acceptors (Lipinski definition) is 8. The van der Waals surface area contributed by atoms with Crippen LogP contribution in [0.1, 0.15) is 60.5 Å². The SMILES string of the molecule is CCC(Nc1ncnc2c1C(=O)N(C(C)C)CN2Cc1ccc(OC)cc1)c1nc2cccc(F)c2c(=O)n1Cc1ccccc1. The Kier molecular flexibility index (Phi) is 8.65. The van der Waals surface area contributed by atoms with Gasteiger partial charge in [0, 0.05) is 12.6 Å². The van der Waals surface area contributed by atoms with Gasteiger partial charge in [0.2, 0.25) is 0 Å². The molecular weight excluding hydrogens is 585 g/mol. The molecule has 10 nitrogen and oxygen atoms in total. The van der Waals surface area contributed by atoms with E-state index in [2.05, 4.69) is 20.2 Å². The molecule has 0 fully saturated rings. The Hall–Kier alpha value is -5.32. The number of nitrogens with zero attached hydrogens (tertiary/aromatic N) is 6. The lowest BCUT2D eigenvalue weighted by Crippen LogP contribution is -2.50. The first-order valence-electron chi connectivity index (χ1n) is 15.3. The summed E-state index contributed by atoms with van der Waals surface area (Å²) in [6.45, 7) is 6.97. The normalized spacial score (nSPS) is 13.7. The number of methoxy groups -OCH3 is 1. The third-order valence-electron chi connectivity index (χ3n) is 8.26. The van der Waals surface area contributed by atoms with E-state index in [0.29, 0.717) is 42.7 Å². The van der Waals surface area contributed by atoms with Crippen LogP contribution in [-0.4, -0.2) is 50.1 Å². The number of rotatable bonds is 10. The minimum atomic E-state index is -0.620. The summed E-state index contributed by atoms with van der Waals surface area (Å²) < 4.78 is 21.8. The highest BCUT2D eigenvalue weighted by Crippen LogP contribution is 2.34. The zero-order chi connectivity index (χ0) is 32.4. The highest BCUT2D eigenvalue weighted by Gasteiger charge is 2.35. The van der Waals surface area contributed by atoms with Crippen LogP contribution in [-0.2, 0) is 13.1 Å². The molecule has 5 aromatic rings. The number of hydrogen-bond donors (Lipinski definition) is 1. The summed E-state index contributed by atoms with van der Waals surface area (Å²) in [7, 11) is 1.63. The van der Waals surface area contributed by atoms with Gasteiger partial charge in [0.05, 0.1) is 31.9 Å². The van der Waals surface area contributed by atoms with Gasteiger partial charge in [-0.1, -0.05) is 55.5 Å². The van der Waals surface area contributed by atoms with E-state index in [0.717, 1.165) is 16.9 Å². The van der Waals surface area contributed by atoms with Gasteiger partial charge in [0.1, 0.15) is 46.3 Å². The summed E-state index contributed by atoms with van der Waals surface area (Å²) in [4.78, 5) is 45.6. The zero-order valence-electron chi connectivity index (χ0n) is 26.3. The van der Waals surface area contributed by atoms with E-state index in [1.165, 1.54) is 17.0 Å². The number of carbonyl (C=O) groups is 1. The second-order valence-electron chi connectivity index (χ2n) is 11.6. The third kappa shape index (κ3) is 5.88. The fourth-order valence-electron chi connectivity index (χ4n) is 5.79. The molecule has 46 heavy (non-hydrogen) atoms. The summed E-state index contributed by atoms with van der Waals surface area (Å²) >= 11 is 0. The van der Waals surface area contributed by atoms with Gasteiger partial charge in [-0.05, 0) is 55.7 Å². The topological polar surface area (TPSA) is 105 Å². The van der Waals surface area contributed by atoms with E-state index in [9.17, 15) is 14.0 Å². The molecule has 0 radical (unpaired) electrons. The molecule has 1 amide bonds. The number of halogens is 1. The molecule has 0 saturated heterocycles. The lowest BCUT2D eigenvalue weighted by molar-refractivity contribution is 0.0687. The predicted octanol–water partition coefficient (Wildman–Crippen LogP) is 5.77. The number of carbonyl (C=O) groups excluding carboxylic acids is 1. The van der Waals surface area contributed by atoms with Crippen molar-refractivity contribution < 1.29 is 13.9 Å². The summed E-state index contributed by atoms with van der Waals surface area (Å²) in [5.41, 5.74) is 2.04. The third-order valence-corrected chi connectivity index (χ3v) is 8.26. The Morgan fingerprint density at radius 1 is 0.935 bits per heavy atom. The number of fused-ring (bicyclic) bond motifs is 2. The van der Waals surface area contributed by atoms with Crippen LogP contribution in [0.5, 0.6) is 5.75 Å². The zero-order valence-corrected chi connectivity index (χ0v) is 26.3. The molecule has 11 heteroatoms. The van der Waals surface area contributed by atoms with Gasteiger partial charge in [-0.15, -0.1) is 0 Å². The molecule has 3 heterocycles. The molecule has 1 N–H and O–H groups in total. The van der Waals surface area contributed by atoms with Crippen molar-refractivity contribution in [2.75, 3.05) is 24.0 Å². The van der Waals surface area contributed by atoms with Gasteiger partial charge in [-0.25, -0.2) is 19.3 Å². The standard InChI is InChI=1S/C35H36FN7O3/c1-5-27(32-40-28-13-9-12-26(36)29(28)34(44)42(32)19-23-10-7-6-8-11-23)39-31-30-33(38-20-37-31)41(21-43(22(2)3)35(30)45)18-24-14-16-25(46-4)17-15-24/h6-17,20,22,27H,5,18-19,21H2,1-4H3,(H,37,38,39). The van der Waals surface area contributed by atoms with Crippen molar-refractivity contribution in [1.82, 2.24) is 24.4 Å². The Labute approximate surface area is 266 Å². The second-order valence-corrected chi connectivity index (χ2v) is 11.6. The number of aromatic nitrogens is 4. The molecule has 1 unspecified atom stereocenters. The van der Waals surface area contributed by atoms with Crippen LogP contribution in [0, 0.1) is 5.82 Å². The highest BCUT2D eigenvalue weighted by atomic mass is 19.1. The quantitative estimate of drug-likeness (QED) is 0.210. The van der Waals surface area contributed by atoms with Crippen molar-refractivity contribution >= 4 is 28.4 Å². The monoisotopic (exact) mass is 621 g/mol. The second kappa shape index (κ2) is 13.0. The van der Waals surface area contributed by atoms with Gasteiger partial charge >= 0.3 is 0 Å². The van der Waals surface area contributed by atoms with E-state index < -0.39 is 17.4 Å². The van der Waals surface area contributed by atoms with Crippen LogP contribution < -0.4 is 20.5 Å². The van der Waals surface area contributed by atoms with Crippen molar-refractivity contribution in [1.29, 1.82) is 0 Å². The van der Waals surface area contributed by atoms with E-state index in [-0.39, 0.29) is 29.4 Å². The van der Waals surface area contributed by atoms with E-state index >= 15 is 0 Å². The molecular formula is C35H36FN7O3. The maximum absolute atomic E-state index is 15.0. The fourth-order valence-corrected chi connectivity index (χ4v) is 5.79. The summed E-state index contributed by atoms with van der Waals surface area (Å²) in [5.74, 6) is 1.22. The number of benzene rings is 3. The number of ether oxygens (including phenoxy) is 1. The van der Waals surface area contributed by atoms with Crippen LogP contribution in [0.4, 0.5) is 16.0 Å².